The lowest BCUT2D eigenvalue weighted by molar-refractivity contribution is -0.134. The van der Waals surface area contributed by atoms with Gasteiger partial charge in [0.15, 0.2) is 0 Å². The first-order chi connectivity index (χ1) is 9.04. The molecule has 102 valence electrons. The van der Waals surface area contributed by atoms with Gasteiger partial charge in [0.1, 0.15) is 5.75 Å². The number of nitrogens with one attached hydrogen (secondary N) is 2. The van der Waals surface area contributed by atoms with Crippen molar-refractivity contribution in [3.63, 3.8) is 0 Å². The molecular weight excluding hydrogens is 244 g/mol. The van der Waals surface area contributed by atoms with Crippen LogP contribution < -0.4 is 10.6 Å². The molecular formula is C14H18N2O3. The fourth-order valence-corrected chi connectivity index (χ4v) is 2.24. The van der Waals surface area contributed by atoms with E-state index in [0.717, 1.165) is 12.0 Å². The highest BCUT2D eigenvalue weighted by Crippen LogP contribution is 2.12. The summed E-state index contributed by atoms with van der Waals surface area (Å²) in [6, 6.07) is 6.83. The quantitative estimate of drug-likeness (QED) is 0.699. The number of aromatic hydroxyl groups is 1. The van der Waals surface area contributed by atoms with Crippen molar-refractivity contribution in [1.29, 1.82) is 0 Å². The molecule has 1 aromatic rings. The van der Waals surface area contributed by atoms with Crippen molar-refractivity contribution < 1.29 is 14.7 Å². The maximum atomic E-state index is 11.6. The molecule has 2 unspecified atom stereocenters. The van der Waals surface area contributed by atoms with E-state index in [1.54, 1.807) is 12.1 Å². The van der Waals surface area contributed by atoms with Gasteiger partial charge in [-0.25, -0.2) is 0 Å². The highest BCUT2D eigenvalue weighted by atomic mass is 16.3. The van der Waals surface area contributed by atoms with E-state index >= 15 is 0 Å². The molecule has 1 aliphatic heterocycles. The Morgan fingerprint density at radius 2 is 2.05 bits per heavy atom. The SMILES string of the molecule is CC(Cc1ccc(O)cc1)NC1CCC(=O)NC1=O. The Hall–Kier alpha value is -1.88. The summed E-state index contributed by atoms with van der Waals surface area (Å²) in [6.45, 7) is 2.00. The minimum Gasteiger partial charge on any atom is -0.508 e. The first kappa shape index (κ1) is 13.5. The molecule has 0 spiro atoms. The summed E-state index contributed by atoms with van der Waals surface area (Å²) in [5.41, 5.74) is 1.09. The van der Waals surface area contributed by atoms with Crippen LogP contribution in [0.25, 0.3) is 0 Å². The van der Waals surface area contributed by atoms with Gasteiger partial charge < -0.3 is 10.4 Å². The lowest BCUT2D eigenvalue weighted by Crippen LogP contribution is -2.53. The van der Waals surface area contributed by atoms with Crippen molar-refractivity contribution in [2.45, 2.75) is 38.3 Å². The fourth-order valence-electron chi connectivity index (χ4n) is 2.24. The number of phenols is 1. The van der Waals surface area contributed by atoms with Gasteiger partial charge in [-0.15, -0.1) is 0 Å². The highest BCUT2D eigenvalue weighted by Gasteiger charge is 2.27. The zero-order valence-electron chi connectivity index (χ0n) is 10.8. The van der Waals surface area contributed by atoms with E-state index in [4.69, 9.17) is 0 Å². The van der Waals surface area contributed by atoms with E-state index in [-0.39, 0.29) is 29.6 Å². The Kier molecular flexibility index (Phi) is 4.16. The predicted molar refractivity (Wildman–Crippen MR) is 70.6 cm³/mol. The van der Waals surface area contributed by atoms with Gasteiger partial charge >= 0.3 is 0 Å². The molecule has 0 aromatic heterocycles. The van der Waals surface area contributed by atoms with Gasteiger partial charge in [-0.2, -0.15) is 0 Å². The van der Waals surface area contributed by atoms with Crippen LogP contribution in [-0.4, -0.2) is 29.0 Å². The molecule has 19 heavy (non-hydrogen) atoms. The minimum atomic E-state index is -0.301. The van der Waals surface area contributed by atoms with Crippen LogP contribution in [0.2, 0.25) is 0 Å². The monoisotopic (exact) mass is 262 g/mol. The number of rotatable bonds is 4. The third-order valence-corrected chi connectivity index (χ3v) is 3.20. The number of hydrogen-bond donors (Lipinski definition) is 3. The van der Waals surface area contributed by atoms with Crippen LogP contribution in [0.4, 0.5) is 0 Å². The number of piperidine rings is 1. The number of phenolic OH excluding ortho intramolecular Hbond substituents is 1. The van der Waals surface area contributed by atoms with Gasteiger partial charge in [-0.05, 0) is 37.5 Å². The maximum absolute atomic E-state index is 11.6. The molecule has 3 N–H and O–H groups in total. The standard InChI is InChI=1S/C14H18N2O3/c1-9(8-10-2-4-11(17)5-3-10)15-12-6-7-13(18)16-14(12)19/h2-5,9,12,15,17H,6-8H2,1H3,(H,16,18,19). The Morgan fingerprint density at radius 3 is 2.68 bits per heavy atom. The van der Waals surface area contributed by atoms with Gasteiger partial charge in [-0.1, -0.05) is 12.1 Å². The zero-order chi connectivity index (χ0) is 13.8. The number of hydrogen-bond acceptors (Lipinski definition) is 4. The Morgan fingerprint density at radius 1 is 1.37 bits per heavy atom. The van der Waals surface area contributed by atoms with Crippen molar-refractivity contribution >= 4 is 11.8 Å². The topological polar surface area (TPSA) is 78.4 Å². The second-order valence-electron chi connectivity index (χ2n) is 4.94. The van der Waals surface area contributed by atoms with Crippen molar-refractivity contribution in [1.82, 2.24) is 10.6 Å². The largest absolute Gasteiger partial charge is 0.508 e. The van der Waals surface area contributed by atoms with E-state index < -0.39 is 0 Å². The average Bonchev–Trinajstić information content (AvgIpc) is 2.36. The maximum Gasteiger partial charge on any atom is 0.243 e. The lowest BCUT2D eigenvalue weighted by atomic mass is 10.0. The van der Waals surface area contributed by atoms with Gasteiger partial charge in [-0.3, -0.25) is 14.9 Å². The van der Waals surface area contributed by atoms with E-state index in [0.29, 0.717) is 12.8 Å². The molecule has 1 saturated heterocycles. The molecule has 0 bridgehead atoms. The summed E-state index contributed by atoms with van der Waals surface area (Å²) in [4.78, 5) is 22.7. The van der Waals surface area contributed by atoms with Crippen LogP contribution in [0.3, 0.4) is 0 Å². The predicted octanol–water partition coefficient (Wildman–Crippen LogP) is 0.718. The minimum absolute atomic E-state index is 0.119. The van der Waals surface area contributed by atoms with Crippen LogP contribution in [-0.2, 0) is 16.0 Å². The molecule has 1 heterocycles. The van der Waals surface area contributed by atoms with Crippen molar-refractivity contribution in [3.05, 3.63) is 29.8 Å². The third kappa shape index (κ3) is 3.79. The first-order valence-electron chi connectivity index (χ1n) is 6.42. The summed E-state index contributed by atoms with van der Waals surface area (Å²) in [5, 5.41) is 14.8. The summed E-state index contributed by atoms with van der Waals surface area (Å²) in [5.74, 6) is -0.197. The number of carbonyl (C=O) groups is 2. The normalized spacial score (nSPS) is 21.0. The number of carbonyl (C=O) groups excluding carboxylic acids is 2. The zero-order valence-corrected chi connectivity index (χ0v) is 10.8. The lowest BCUT2D eigenvalue weighted by Gasteiger charge is -2.25. The van der Waals surface area contributed by atoms with Crippen molar-refractivity contribution in [2.75, 3.05) is 0 Å². The molecule has 1 aromatic carbocycles. The van der Waals surface area contributed by atoms with Gasteiger partial charge in [0.05, 0.1) is 6.04 Å². The molecule has 0 aliphatic carbocycles. The fraction of sp³-hybridized carbons (Fsp3) is 0.429. The number of imide groups is 1. The first-order valence-corrected chi connectivity index (χ1v) is 6.42. The van der Waals surface area contributed by atoms with Crippen LogP contribution in [0.1, 0.15) is 25.3 Å². The van der Waals surface area contributed by atoms with Crippen LogP contribution in [0.5, 0.6) is 5.75 Å². The Labute approximate surface area is 112 Å². The second-order valence-corrected chi connectivity index (χ2v) is 4.94. The van der Waals surface area contributed by atoms with Gasteiger partial charge in [0.25, 0.3) is 0 Å². The molecule has 1 fully saturated rings. The van der Waals surface area contributed by atoms with E-state index in [9.17, 15) is 14.7 Å². The molecule has 0 saturated carbocycles. The number of benzene rings is 1. The van der Waals surface area contributed by atoms with Crippen LogP contribution >= 0.6 is 0 Å². The van der Waals surface area contributed by atoms with E-state index in [2.05, 4.69) is 10.6 Å². The molecule has 2 atom stereocenters. The average molecular weight is 262 g/mol. The summed E-state index contributed by atoms with van der Waals surface area (Å²) >= 11 is 0. The Balaban J connectivity index is 1.87. The molecule has 1 aliphatic rings. The molecule has 5 nitrogen and oxygen atoms in total. The van der Waals surface area contributed by atoms with E-state index in [1.807, 2.05) is 19.1 Å². The molecule has 2 rings (SSSR count). The van der Waals surface area contributed by atoms with Crippen molar-refractivity contribution in [2.24, 2.45) is 0 Å². The van der Waals surface area contributed by atoms with Crippen LogP contribution in [0, 0.1) is 0 Å². The molecule has 0 radical (unpaired) electrons. The summed E-state index contributed by atoms with van der Waals surface area (Å²) < 4.78 is 0. The summed E-state index contributed by atoms with van der Waals surface area (Å²) in [7, 11) is 0. The van der Waals surface area contributed by atoms with Crippen LogP contribution in [0.15, 0.2) is 24.3 Å². The second kappa shape index (κ2) is 5.84. The van der Waals surface area contributed by atoms with Gasteiger partial charge in [0, 0.05) is 12.5 Å². The molecule has 2 amide bonds. The van der Waals surface area contributed by atoms with Crippen molar-refractivity contribution in [3.8, 4) is 5.75 Å². The highest BCUT2D eigenvalue weighted by molar-refractivity contribution is 6.00. The Bertz CT molecular complexity index is 470. The molecule has 5 heteroatoms. The third-order valence-electron chi connectivity index (χ3n) is 3.20. The smallest absolute Gasteiger partial charge is 0.243 e. The summed E-state index contributed by atoms with van der Waals surface area (Å²) in [6.07, 6.45) is 1.69. The van der Waals surface area contributed by atoms with E-state index in [1.165, 1.54) is 0 Å². The number of amides is 2. The van der Waals surface area contributed by atoms with Gasteiger partial charge in [0.2, 0.25) is 11.8 Å².